The summed E-state index contributed by atoms with van der Waals surface area (Å²) in [5.74, 6) is -0.0771. The van der Waals surface area contributed by atoms with Crippen LogP contribution >= 0.6 is 11.6 Å². The van der Waals surface area contributed by atoms with E-state index >= 15 is 0 Å². The van der Waals surface area contributed by atoms with Crippen LogP contribution in [0.3, 0.4) is 0 Å². The van der Waals surface area contributed by atoms with Gasteiger partial charge in [0.05, 0.1) is 17.2 Å². The maximum Gasteiger partial charge on any atom is 0.257 e. The predicted octanol–water partition coefficient (Wildman–Crippen LogP) is 1.72. The van der Waals surface area contributed by atoms with Gasteiger partial charge in [-0.05, 0) is 25.1 Å². The number of carbonyl (C=O) groups is 1. The van der Waals surface area contributed by atoms with Crippen LogP contribution in [-0.4, -0.2) is 62.1 Å². The lowest BCUT2D eigenvalue weighted by Gasteiger charge is -2.22. The molecule has 6 heteroatoms. The Hall–Kier alpha value is -1.30. The molecule has 0 saturated carbocycles. The lowest BCUT2D eigenvalue weighted by atomic mass is 10.1. The Morgan fingerprint density at radius 2 is 2.14 bits per heavy atom. The molecule has 0 aromatic heterocycles. The third-order valence-corrected chi connectivity index (χ3v) is 4.06. The first-order chi connectivity index (χ1) is 10.1. The lowest BCUT2D eigenvalue weighted by molar-refractivity contribution is 0.0760. The molecule has 1 aliphatic rings. The highest BCUT2D eigenvalue weighted by Gasteiger charge is 2.23. The molecule has 21 heavy (non-hydrogen) atoms. The van der Waals surface area contributed by atoms with Crippen LogP contribution in [0.15, 0.2) is 18.2 Å². The van der Waals surface area contributed by atoms with Gasteiger partial charge in [-0.3, -0.25) is 9.69 Å². The number of carbonyl (C=O) groups excluding carboxylic acids is 1. The van der Waals surface area contributed by atoms with Crippen molar-refractivity contribution < 1.29 is 9.53 Å². The van der Waals surface area contributed by atoms with Gasteiger partial charge in [0.1, 0.15) is 0 Å². The molecule has 5 nitrogen and oxygen atoms in total. The quantitative estimate of drug-likeness (QED) is 0.860. The lowest BCUT2D eigenvalue weighted by Crippen LogP contribution is -2.36. The smallest absolute Gasteiger partial charge is 0.257 e. The van der Waals surface area contributed by atoms with E-state index < -0.39 is 0 Å². The second-order valence-electron chi connectivity index (χ2n) is 5.18. The van der Waals surface area contributed by atoms with Gasteiger partial charge < -0.3 is 15.4 Å². The van der Waals surface area contributed by atoms with Crippen molar-refractivity contribution in [3.05, 3.63) is 28.8 Å². The monoisotopic (exact) mass is 311 g/mol. The van der Waals surface area contributed by atoms with E-state index in [2.05, 4.69) is 4.90 Å². The number of benzene rings is 1. The van der Waals surface area contributed by atoms with Crippen LogP contribution in [0.25, 0.3) is 0 Å². The van der Waals surface area contributed by atoms with E-state index in [-0.39, 0.29) is 5.91 Å². The first-order valence-electron chi connectivity index (χ1n) is 7.18. The summed E-state index contributed by atoms with van der Waals surface area (Å²) >= 11 is 6.13. The highest BCUT2D eigenvalue weighted by Crippen LogP contribution is 2.24. The fraction of sp³-hybridized carbons (Fsp3) is 0.533. The maximum absolute atomic E-state index is 12.6. The number of hydrogen-bond acceptors (Lipinski definition) is 4. The highest BCUT2D eigenvalue weighted by molar-refractivity contribution is 6.34. The standard InChI is InChI=1S/C15H22ClN3O2/c1-21-11-10-18-6-3-7-19(9-8-18)15(20)14-12(16)4-2-5-13(14)17/h2,4-5H,3,6-11,17H2,1H3. The average molecular weight is 312 g/mol. The van der Waals surface area contributed by atoms with Crippen molar-refractivity contribution in [3.8, 4) is 0 Å². The Kier molecular flexibility index (Phi) is 5.85. The second kappa shape index (κ2) is 7.64. The molecule has 1 aliphatic heterocycles. The normalized spacial score (nSPS) is 16.8. The molecule has 1 aromatic rings. The number of ether oxygens (including phenoxy) is 1. The van der Waals surface area contributed by atoms with Crippen molar-refractivity contribution in [1.29, 1.82) is 0 Å². The van der Waals surface area contributed by atoms with Gasteiger partial charge in [0.15, 0.2) is 0 Å². The SMILES string of the molecule is COCCN1CCCN(C(=O)c2c(N)cccc2Cl)CC1. The van der Waals surface area contributed by atoms with Gasteiger partial charge in [-0.2, -0.15) is 0 Å². The van der Waals surface area contributed by atoms with Crippen LogP contribution in [0, 0.1) is 0 Å². The molecule has 0 unspecified atom stereocenters. The van der Waals surface area contributed by atoms with E-state index in [1.165, 1.54) is 0 Å². The van der Waals surface area contributed by atoms with Gasteiger partial charge in [0.25, 0.3) is 5.91 Å². The molecule has 0 atom stereocenters. The fourth-order valence-corrected chi connectivity index (χ4v) is 2.81. The molecule has 2 N–H and O–H groups in total. The van der Waals surface area contributed by atoms with Gasteiger partial charge in [-0.1, -0.05) is 17.7 Å². The molecule has 1 aromatic carbocycles. The van der Waals surface area contributed by atoms with E-state index in [1.54, 1.807) is 25.3 Å². The van der Waals surface area contributed by atoms with Gasteiger partial charge in [0, 0.05) is 39.0 Å². The molecule has 116 valence electrons. The number of methoxy groups -OCH3 is 1. The zero-order chi connectivity index (χ0) is 15.2. The van der Waals surface area contributed by atoms with Crippen molar-refractivity contribution in [2.24, 2.45) is 0 Å². The fourth-order valence-electron chi connectivity index (χ4n) is 2.54. The van der Waals surface area contributed by atoms with Gasteiger partial charge >= 0.3 is 0 Å². The van der Waals surface area contributed by atoms with Gasteiger partial charge in [-0.15, -0.1) is 0 Å². The van der Waals surface area contributed by atoms with E-state index in [1.807, 2.05) is 4.90 Å². The van der Waals surface area contributed by atoms with Crippen LogP contribution < -0.4 is 5.73 Å². The molecule has 1 amide bonds. The second-order valence-corrected chi connectivity index (χ2v) is 5.59. The Morgan fingerprint density at radius 3 is 2.86 bits per heavy atom. The topological polar surface area (TPSA) is 58.8 Å². The molecule has 1 saturated heterocycles. The summed E-state index contributed by atoms with van der Waals surface area (Å²) < 4.78 is 5.10. The Bertz CT molecular complexity index is 476. The van der Waals surface area contributed by atoms with Crippen molar-refractivity contribution in [2.75, 3.05) is 52.2 Å². The molecule has 0 radical (unpaired) electrons. The van der Waals surface area contributed by atoms with Crippen LogP contribution in [0.5, 0.6) is 0 Å². The number of nitrogen functional groups attached to an aromatic ring is 1. The van der Waals surface area contributed by atoms with Crippen LogP contribution in [-0.2, 0) is 4.74 Å². The molecule has 1 heterocycles. The minimum Gasteiger partial charge on any atom is -0.398 e. The molecule has 0 aliphatic carbocycles. The maximum atomic E-state index is 12.6. The predicted molar refractivity (Wildman–Crippen MR) is 84.7 cm³/mol. The minimum atomic E-state index is -0.0771. The molecule has 0 bridgehead atoms. The number of amides is 1. The number of nitrogens with two attached hydrogens (primary N) is 1. The molecule has 1 fully saturated rings. The molecule has 0 spiro atoms. The summed E-state index contributed by atoms with van der Waals surface area (Å²) in [5, 5.41) is 0.417. The van der Waals surface area contributed by atoms with Crippen LogP contribution in [0.2, 0.25) is 5.02 Å². The average Bonchev–Trinajstić information content (AvgIpc) is 2.70. The summed E-state index contributed by atoms with van der Waals surface area (Å²) in [7, 11) is 1.70. The highest BCUT2D eigenvalue weighted by atomic mass is 35.5. The first-order valence-corrected chi connectivity index (χ1v) is 7.56. The first kappa shape index (κ1) is 16.1. The number of hydrogen-bond donors (Lipinski definition) is 1. The van der Waals surface area contributed by atoms with Crippen molar-refractivity contribution in [2.45, 2.75) is 6.42 Å². The largest absolute Gasteiger partial charge is 0.398 e. The number of anilines is 1. The molecule has 2 rings (SSSR count). The zero-order valence-corrected chi connectivity index (χ0v) is 13.1. The van der Waals surface area contributed by atoms with E-state index in [0.717, 1.165) is 32.6 Å². The number of nitrogens with zero attached hydrogens (tertiary/aromatic N) is 2. The molecular formula is C15H22ClN3O2. The summed E-state index contributed by atoms with van der Waals surface area (Å²) in [5.41, 5.74) is 6.76. The van der Waals surface area contributed by atoms with Crippen LogP contribution in [0.1, 0.15) is 16.8 Å². The summed E-state index contributed by atoms with van der Waals surface area (Å²) in [4.78, 5) is 16.8. The zero-order valence-electron chi connectivity index (χ0n) is 12.3. The van der Waals surface area contributed by atoms with Gasteiger partial charge in [-0.25, -0.2) is 0 Å². The van der Waals surface area contributed by atoms with Gasteiger partial charge in [0.2, 0.25) is 0 Å². The summed E-state index contributed by atoms with van der Waals surface area (Å²) in [6.45, 7) is 4.85. The minimum absolute atomic E-state index is 0.0771. The molecular weight excluding hydrogens is 290 g/mol. The summed E-state index contributed by atoms with van der Waals surface area (Å²) in [6.07, 6.45) is 0.944. The third-order valence-electron chi connectivity index (χ3n) is 3.75. The van der Waals surface area contributed by atoms with E-state index in [9.17, 15) is 4.79 Å². The Labute approximate surface area is 130 Å². The number of halogens is 1. The van der Waals surface area contributed by atoms with Crippen molar-refractivity contribution >= 4 is 23.2 Å². The van der Waals surface area contributed by atoms with Crippen molar-refractivity contribution in [1.82, 2.24) is 9.80 Å². The third kappa shape index (κ3) is 4.09. The van der Waals surface area contributed by atoms with E-state index in [4.69, 9.17) is 22.1 Å². The van der Waals surface area contributed by atoms with E-state index in [0.29, 0.717) is 29.4 Å². The Balaban J connectivity index is 2.03. The number of rotatable bonds is 4. The van der Waals surface area contributed by atoms with Crippen molar-refractivity contribution in [3.63, 3.8) is 0 Å². The summed E-state index contributed by atoms with van der Waals surface area (Å²) in [6, 6.07) is 5.17. The Morgan fingerprint density at radius 1 is 1.33 bits per heavy atom. The van der Waals surface area contributed by atoms with Crippen LogP contribution in [0.4, 0.5) is 5.69 Å².